The second kappa shape index (κ2) is 11.1. The van der Waals surface area contributed by atoms with Crippen LogP contribution in [0.3, 0.4) is 0 Å². The molecule has 0 aliphatic carbocycles. The number of aliphatic carboxylic acids is 3. The van der Waals surface area contributed by atoms with Crippen LogP contribution in [-0.2, 0) is 14.4 Å². The van der Waals surface area contributed by atoms with E-state index in [0.29, 0.717) is 0 Å². The van der Waals surface area contributed by atoms with Gasteiger partial charge in [-0.1, -0.05) is 0 Å². The largest absolute Gasteiger partial charge is 0.480 e. The fourth-order valence-corrected chi connectivity index (χ4v) is 0.960. The van der Waals surface area contributed by atoms with E-state index < -0.39 is 30.0 Å². The lowest BCUT2D eigenvalue weighted by Gasteiger charge is -2.08. The number of thiol groups is 2. The van der Waals surface area contributed by atoms with Crippen LogP contribution in [0.1, 0.15) is 0 Å². The number of carbonyl (C=O) groups is 3. The highest BCUT2D eigenvalue weighted by atomic mass is 32.1. The molecular formula is C8H16N2O6S2. The average Bonchev–Trinajstić information content (AvgIpc) is 2.28. The molecule has 0 radical (unpaired) electrons. The average molecular weight is 300 g/mol. The van der Waals surface area contributed by atoms with E-state index in [4.69, 9.17) is 21.1 Å². The summed E-state index contributed by atoms with van der Waals surface area (Å²) < 4.78 is 0. The predicted octanol–water partition coefficient (Wildman–Crippen LogP) is -1.63. The number of nitrogens with one attached hydrogen (secondary N) is 1. The number of nitrogens with two attached hydrogens (primary N) is 1. The fourth-order valence-electron chi connectivity index (χ4n) is 0.519. The normalized spacial score (nSPS) is 12.8. The third kappa shape index (κ3) is 11.5. The van der Waals surface area contributed by atoms with Gasteiger partial charge in [-0.15, -0.1) is 0 Å². The second-order valence-corrected chi connectivity index (χ2v) is 3.71. The van der Waals surface area contributed by atoms with Crippen molar-refractivity contribution in [3.05, 3.63) is 0 Å². The first-order chi connectivity index (χ1) is 8.26. The standard InChI is InChI=1S/C5H9NO4S.C3H7NO2S/c7-4(8)1-6-3(2-11)5(9)10;4-2(1-7)3(5)6/h3,6,11H,1-2H2,(H,7,8)(H,9,10);2,7H,1,4H2,(H,5,6). The number of carboxylic acid groups (broad SMARTS) is 3. The Morgan fingerprint density at radius 3 is 1.72 bits per heavy atom. The zero-order chi connectivity index (χ0) is 14.7. The van der Waals surface area contributed by atoms with E-state index in [1.165, 1.54) is 0 Å². The first kappa shape index (κ1) is 19.4. The number of carboxylic acids is 3. The molecule has 0 amide bonds. The van der Waals surface area contributed by atoms with E-state index >= 15 is 0 Å². The van der Waals surface area contributed by atoms with Gasteiger partial charge in [0, 0.05) is 11.5 Å². The molecule has 0 aliphatic rings. The van der Waals surface area contributed by atoms with Crippen molar-refractivity contribution in [2.75, 3.05) is 18.1 Å². The van der Waals surface area contributed by atoms with Gasteiger partial charge < -0.3 is 21.1 Å². The molecule has 0 fully saturated rings. The minimum atomic E-state index is -1.10. The molecule has 0 aliphatic heterocycles. The van der Waals surface area contributed by atoms with Crippen molar-refractivity contribution in [2.45, 2.75) is 12.1 Å². The summed E-state index contributed by atoms with van der Waals surface area (Å²) >= 11 is 7.37. The lowest BCUT2D eigenvalue weighted by Crippen LogP contribution is -2.40. The highest BCUT2D eigenvalue weighted by Crippen LogP contribution is 1.86. The lowest BCUT2D eigenvalue weighted by molar-refractivity contribution is -0.140. The Morgan fingerprint density at radius 2 is 1.56 bits per heavy atom. The van der Waals surface area contributed by atoms with Gasteiger partial charge in [0.15, 0.2) is 0 Å². The van der Waals surface area contributed by atoms with Crippen molar-refractivity contribution >= 4 is 43.2 Å². The van der Waals surface area contributed by atoms with Crippen LogP contribution < -0.4 is 11.1 Å². The van der Waals surface area contributed by atoms with Crippen LogP contribution >= 0.6 is 25.3 Å². The van der Waals surface area contributed by atoms with Crippen LogP contribution in [0.5, 0.6) is 0 Å². The maximum absolute atomic E-state index is 10.2. The summed E-state index contributed by atoms with van der Waals surface area (Å²) in [6.45, 7) is -0.364. The monoisotopic (exact) mass is 300 g/mol. The Bertz CT molecular complexity index is 289. The zero-order valence-corrected chi connectivity index (χ0v) is 11.1. The van der Waals surface area contributed by atoms with Crippen LogP contribution in [-0.4, -0.2) is 63.4 Å². The number of rotatable bonds is 7. The molecule has 0 aromatic heterocycles. The van der Waals surface area contributed by atoms with Gasteiger partial charge in [-0.05, 0) is 0 Å². The van der Waals surface area contributed by atoms with Gasteiger partial charge in [-0.25, -0.2) is 0 Å². The van der Waals surface area contributed by atoms with Gasteiger partial charge in [0.05, 0.1) is 6.54 Å². The maximum atomic E-state index is 10.2. The first-order valence-corrected chi connectivity index (χ1v) is 5.90. The summed E-state index contributed by atoms with van der Waals surface area (Å²) in [6.07, 6.45) is 0. The predicted molar refractivity (Wildman–Crippen MR) is 70.4 cm³/mol. The third-order valence-electron chi connectivity index (χ3n) is 1.49. The SMILES string of the molecule is NC(CS)C(=O)O.O=C(O)CNC(CS)C(=O)O. The van der Waals surface area contributed by atoms with E-state index in [-0.39, 0.29) is 18.1 Å². The summed E-state index contributed by atoms with van der Waals surface area (Å²) in [7, 11) is 0. The van der Waals surface area contributed by atoms with Crippen molar-refractivity contribution in [1.82, 2.24) is 5.32 Å². The minimum absolute atomic E-state index is 0.0720. The molecule has 0 bridgehead atoms. The molecule has 18 heavy (non-hydrogen) atoms. The molecule has 0 heterocycles. The molecule has 106 valence electrons. The minimum Gasteiger partial charge on any atom is -0.480 e. The third-order valence-corrected chi connectivity index (χ3v) is 2.25. The summed E-state index contributed by atoms with van der Waals surface area (Å²) in [5, 5.41) is 26.8. The van der Waals surface area contributed by atoms with Gasteiger partial charge in [0.2, 0.25) is 0 Å². The zero-order valence-electron chi connectivity index (χ0n) is 9.31. The van der Waals surface area contributed by atoms with E-state index in [9.17, 15) is 14.4 Å². The molecule has 8 nitrogen and oxygen atoms in total. The van der Waals surface area contributed by atoms with Crippen molar-refractivity contribution in [3.8, 4) is 0 Å². The first-order valence-electron chi connectivity index (χ1n) is 4.64. The van der Waals surface area contributed by atoms with Gasteiger partial charge in [-0.3, -0.25) is 19.7 Å². The van der Waals surface area contributed by atoms with Crippen molar-refractivity contribution in [1.29, 1.82) is 0 Å². The Labute approximate surface area is 114 Å². The van der Waals surface area contributed by atoms with E-state index in [1.54, 1.807) is 0 Å². The van der Waals surface area contributed by atoms with Gasteiger partial charge in [0.25, 0.3) is 0 Å². The van der Waals surface area contributed by atoms with Gasteiger partial charge in [0.1, 0.15) is 12.1 Å². The molecule has 0 saturated heterocycles. The van der Waals surface area contributed by atoms with Crippen LogP contribution in [0, 0.1) is 0 Å². The van der Waals surface area contributed by atoms with Gasteiger partial charge >= 0.3 is 17.9 Å². The highest BCUT2D eigenvalue weighted by Gasteiger charge is 2.14. The molecule has 10 heteroatoms. The molecule has 0 spiro atoms. The van der Waals surface area contributed by atoms with Gasteiger partial charge in [-0.2, -0.15) is 25.3 Å². The smallest absolute Gasteiger partial charge is 0.321 e. The summed E-state index contributed by atoms with van der Waals surface area (Å²) in [5.74, 6) is -2.92. The lowest BCUT2D eigenvalue weighted by atomic mass is 10.3. The fraction of sp³-hybridized carbons (Fsp3) is 0.625. The van der Waals surface area contributed by atoms with E-state index in [0.717, 1.165) is 0 Å². The molecule has 0 aromatic rings. The van der Waals surface area contributed by atoms with E-state index in [2.05, 4.69) is 30.6 Å². The van der Waals surface area contributed by atoms with E-state index in [1.807, 2.05) is 0 Å². The number of hydrogen-bond donors (Lipinski definition) is 7. The Hall–Kier alpha value is -0.970. The molecule has 0 rings (SSSR count). The molecule has 6 N–H and O–H groups in total. The summed E-state index contributed by atoms with van der Waals surface area (Å²) in [5.41, 5.74) is 4.94. The van der Waals surface area contributed by atoms with Crippen LogP contribution in [0.25, 0.3) is 0 Å². The Kier molecular flexibility index (Phi) is 12.0. The van der Waals surface area contributed by atoms with Crippen LogP contribution in [0.15, 0.2) is 0 Å². The molecule has 2 atom stereocenters. The summed E-state index contributed by atoms with van der Waals surface area (Å²) in [6, 6.07) is -1.71. The summed E-state index contributed by atoms with van der Waals surface area (Å²) in [4.78, 5) is 30.0. The molecule has 2 unspecified atom stereocenters. The molecule has 0 saturated carbocycles. The highest BCUT2D eigenvalue weighted by molar-refractivity contribution is 7.80. The van der Waals surface area contributed by atoms with Crippen molar-refractivity contribution < 1.29 is 29.7 Å². The van der Waals surface area contributed by atoms with Crippen molar-refractivity contribution in [3.63, 3.8) is 0 Å². The number of hydrogen-bond acceptors (Lipinski definition) is 7. The molecular weight excluding hydrogens is 284 g/mol. The van der Waals surface area contributed by atoms with Crippen molar-refractivity contribution in [2.24, 2.45) is 5.73 Å². The second-order valence-electron chi connectivity index (χ2n) is 2.98. The Balaban J connectivity index is 0. The maximum Gasteiger partial charge on any atom is 0.321 e. The van der Waals surface area contributed by atoms with Crippen LogP contribution in [0.2, 0.25) is 0 Å². The topological polar surface area (TPSA) is 150 Å². The quantitative estimate of drug-likeness (QED) is 0.277. The Morgan fingerprint density at radius 1 is 1.06 bits per heavy atom. The molecule has 0 aromatic carbocycles. The van der Waals surface area contributed by atoms with Crippen LogP contribution in [0.4, 0.5) is 0 Å².